The molecular formula is C19H21N3O3S. The standard InChI is InChI=1S/C19H21N3O3S/c1-3-17(23)20-14-8-6-9-15(12-14)21-19(26)22-18(24)13-7-5-10-16(11-13)25-4-2/h5-12H,3-4H2,1-2H3,(H,20,23)(H2,21,22,24,26). The number of amides is 2. The summed E-state index contributed by atoms with van der Waals surface area (Å²) in [7, 11) is 0. The Balaban J connectivity index is 1.98. The highest BCUT2D eigenvalue weighted by Crippen LogP contribution is 2.16. The van der Waals surface area contributed by atoms with Gasteiger partial charge in [-0.1, -0.05) is 19.1 Å². The van der Waals surface area contributed by atoms with E-state index in [9.17, 15) is 9.59 Å². The lowest BCUT2D eigenvalue weighted by Crippen LogP contribution is -2.34. The normalized spacial score (nSPS) is 9.92. The van der Waals surface area contributed by atoms with Crippen LogP contribution >= 0.6 is 12.2 Å². The van der Waals surface area contributed by atoms with E-state index in [4.69, 9.17) is 17.0 Å². The Morgan fingerprint density at radius 3 is 2.38 bits per heavy atom. The van der Waals surface area contributed by atoms with Crippen molar-refractivity contribution in [2.75, 3.05) is 17.2 Å². The van der Waals surface area contributed by atoms with Gasteiger partial charge in [0.05, 0.1) is 6.61 Å². The van der Waals surface area contributed by atoms with E-state index in [1.165, 1.54) is 0 Å². The fourth-order valence-corrected chi connectivity index (χ4v) is 2.37. The van der Waals surface area contributed by atoms with E-state index in [2.05, 4.69) is 16.0 Å². The molecule has 0 aliphatic carbocycles. The van der Waals surface area contributed by atoms with Gasteiger partial charge in [-0.15, -0.1) is 0 Å². The maximum Gasteiger partial charge on any atom is 0.257 e. The number of rotatable bonds is 6. The number of thiocarbonyl (C=S) groups is 1. The van der Waals surface area contributed by atoms with Gasteiger partial charge in [0.25, 0.3) is 5.91 Å². The Bertz CT molecular complexity index is 808. The van der Waals surface area contributed by atoms with Crippen LogP contribution in [0.25, 0.3) is 0 Å². The van der Waals surface area contributed by atoms with Gasteiger partial charge in [-0.25, -0.2) is 0 Å². The van der Waals surface area contributed by atoms with E-state index in [0.29, 0.717) is 35.7 Å². The van der Waals surface area contributed by atoms with E-state index >= 15 is 0 Å². The zero-order chi connectivity index (χ0) is 18.9. The third-order valence-corrected chi connectivity index (χ3v) is 3.56. The zero-order valence-electron chi connectivity index (χ0n) is 14.7. The number of ether oxygens (including phenoxy) is 1. The van der Waals surface area contributed by atoms with Crippen LogP contribution in [0.1, 0.15) is 30.6 Å². The highest BCUT2D eigenvalue weighted by Gasteiger charge is 2.09. The summed E-state index contributed by atoms with van der Waals surface area (Å²) in [4.78, 5) is 23.8. The minimum absolute atomic E-state index is 0.0767. The van der Waals surface area contributed by atoms with Crippen LogP contribution in [-0.4, -0.2) is 23.5 Å². The van der Waals surface area contributed by atoms with Gasteiger partial charge in [0.2, 0.25) is 5.91 Å². The average molecular weight is 371 g/mol. The highest BCUT2D eigenvalue weighted by atomic mass is 32.1. The monoisotopic (exact) mass is 371 g/mol. The number of hydrogen-bond donors (Lipinski definition) is 3. The van der Waals surface area contributed by atoms with Gasteiger partial charge >= 0.3 is 0 Å². The number of benzene rings is 2. The molecule has 0 radical (unpaired) electrons. The van der Waals surface area contributed by atoms with Gasteiger partial charge < -0.3 is 15.4 Å². The van der Waals surface area contributed by atoms with Crippen LogP contribution in [0.15, 0.2) is 48.5 Å². The predicted molar refractivity (Wildman–Crippen MR) is 107 cm³/mol. The van der Waals surface area contributed by atoms with Gasteiger partial charge in [0.15, 0.2) is 5.11 Å². The van der Waals surface area contributed by atoms with Crippen molar-refractivity contribution in [3.05, 3.63) is 54.1 Å². The molecule has 2 aromatic rings. The summed E-state index contributed by atoms with van der Waals surface area (Å²) in [6, 6.07) is 14.0. The van der Waals surface area contributed by atoms with Crippen molar-refractivity contribution in [1.29, 1.82) is 0 Å². The van der Waals surface area contributed by atoms with E-state index in [1.807, 2.05) is 6.92 Å². The van der Waals surface area contributed by atoms with Crippen molar-refractivity contribution >= 4 is 40.5 Å². The summed E-state index contributed by atoms with van der Waals surface area (Å²) in [5.74, 6) is 0.213. The molecule has 2 rings (SSSR count). The topological polar surface area (TPSA) is 79.5 Å². The second-order valence-corrected chi connectivity index (χ2v) is 5.76. The third kappa shape index (κ3) is 5.86. The van der Waals surface area contributed by atoms with Crippen molar-refractivity contribution in [2.24, 2.45) is 0 Å². The van der Waals surface area contributed by atoms with Crippen molar-refractivity contribution in [2.45, 2.75) is 20.3 Å². The molecule has 0 atom stereocenters. The highest BCUT2D eigenvalue weighted by molar-refractivity contribution is 7.80. The Morgan fingerprint density at radius 1 is 1.00 bits per heavy atom. The molecule has 0 saturated heterocycles. The first kappa shape index (κ1) is 19.4. The molecule has 0 aliphatic heterocycles. The van der Waals surface area contributed by atoms with Crippen LogP contribution in [0.5, 0.6) is 5.75 Å². The zero-order valence-corrected chi connectivity index (χ0v) is 15.5. The molecule has 2 aromatic carbocycles. The van der Waals surface area contributed by atoms with Crippen molar-refractivity contribution in [1.82, 2.24) is 5.32 Å². The second-order valence-electron chi connectivity index (χ2n) is 5.35. The molecule has 0 saturated carbocycles. The summed E-state index contributed by atoms with van der Waals surface area (Å²) >= 11 is 5.19. The second kappa shape index (κ2) is 9.53. The van der Waals surface area contributed by atoms with Crippen LogP contribution in [0, 0.1) is 0 Å². The molecular weight excluding hydrogens is 350 g/mol. The number of anilines is 2. The van der Waals surface area contributed by atoms with Gasteiger partial charge in [-0.2, -0.15) is 0 Å². The molecule has 0 heterocycles. The number of carbonyl (C=O) groups excluding carboxylic acids is 2. The molecule has 3 N–H and O–H groups in total. The van der Waals surface area contributed by atoms with Gasteiger partial charge in [0, 0.05) is 23.4 Å². The quantitative estimate of drug-likeness (QED) is 0.677. The van der Waals surface area contributed by atoms with E-state index in [1.54, 1.807) is 55.5 Å². The van der Waals surface area contributed by atoms with Gasteiger partial charge in [0.1, 0.15) is 5.75 Å². The molecule has 0 unspecified atom stereocenters. The molecule has 6 nitrogen and oxygen atoms in total. The van der Waals surface area contributed by atoms with Crippen LogP contribution in [0.3, 0.4) is 0 Å². The minimum atomic E-state index is -0.334. The van der Waals surface area contributed by atoms with Crippen molar-refractivity contribution in [3.63, 3.8) is 0 Å². The Morgan fingerprint density at radius 2 is 1.69 bits per heavy atom. The lowest BCUT2D eigenvalue weighted by Gasteiger charge is -2.12. The van der Waals surface area contributed by atoms with Gasteiger partial charge in [-0.3, -0.25) is 14.9 Å². The maximum absolute atomic E-state index is 12.3. The van der Waals surface area contributed by atoms with Crippen LogP contribution < -0.4 is 20.7 Å². The smallest absolute Gasteiger partial charge is 0.257 e. The molecule has 0 aliphatic rings. The first-order valence-electron chi connectivity index (χ1n) is 8.27. The number of hydrogen-bond acceptors (Lipinski definition) is 4. The Labute approximate surface area is 157 Å². The number of carbonyl (C=O) groups is 2. The number of nitrogens with one attached hydrogen (secondary N) is 3. The minimum Gasteiger partial charge on any atom is -0.494 e. The first-order valence-corrected chi connectivity index (χ1v) is 8.67. The molecule has 0 bridgehead atoms. The maximum atomic E-state index is 12.3. The van der Waals surface area contributed by atoms with E-state index in [0.717, 1.165) is 0 Å². The lowest BCUT2D eigenvalue weighted by molar-refractivity contribution is -0.115. The first-order chi connectivity index (χ1) is 12.5. The molecule has 7 heteroatoms. The molecule has 136 valence electrons. The van der Waals surface area contributed by atoms with Crippen molar-refractivity contribution < 1.29 is 14.3 Å². The lowest BCUT2D eigenvalue weighted by atomic mass is 10.2. The van der Waals surface area contributed by atoms with Crippen LogP contribution in [-0.2, 0) is 4.79 Å². The average Bonchev–Trinajstić information content (AvgIpc) is 2.62. The van der Waals surface area contributed by atoms with Crippen molar-refractivity contribution in [3.8, 4) is 5.75 Å². The molecule has 0 spiro atoms. The summed E-state index contributed by atoms with van der Waals surface area (Å²) in [6.45, 7) is 4.18. The molecule has 2 amide bonds. The summed E-state index contributed by atoms with van der Waals surface area (Å²) in [6.07, 6.45) is 0.396. The summed E-state index contributed by atoms with van der Waals surface area (Å²) in [5.41, 5.74) is 1.76. The fourth-order valence-electron chi connectivity index (χ4n) is 2.16. The third-order valence-electron chi connectivity index (χ3n) is 3.36. The van der Waals surface area contributed by atoms with Crippen LogP contribution in [0.4, 0.5) is 11.4 Å². The SMILES string of the molecule is CCOc1cccc(C(=O)NC(=S)Nc2cccc(NC(=O)CC)c2)c1. The molecule has 0 aromatic heterocycles. The van der Waals surface area contributed by atoms with E-state index in [-0.39, 0.29) is 16.9 Å². The largest absolute Gasteiger partial charge is 0.494 e. The van der Waals surface area contributed by atoms with Crippen LogP contribution in [0.2, 0.25) is 0 Å². The summed E-state index contributed by atoms with van der Waals surface area (Å²) in [5, 5.41) is 8.48. The van der Waals surface area contributed by atoms with E-state index < -0.39 is 0 Å². The molecule has 0 fully saturated rings. The predicted octanol–water partition coefficient (Wildman–Crippen LogP) is 3.56. The Hall–Kier alpha value is -2.93. The summed E-state index contributed by atoms with van der Waals surface area (Å²) < 4.78 is 5.39. The van der Waals surface area contributed by atoms with Gasteiger partial charge in [-0.05, 0) is 55.5 Å². The fraction of sp³-hybridized carbons (Fsp3) is 0.211. The molecule has 26 heavy (non-hydrogen) atoms. The Kier molecular flexibility index (Phi) is 7.11.